The number of carboxylic acids is 2. The Morgan fingerprint density at radius 2 is 1.44 bits per heavy atom. The number of aliphatic carboxylic acids is 2. The summed E-state index contributed by atoms with van der Waals surface area (Å²) in [6.45, 7) is 13.5. The van der Waals surface area contributed by atoms with Gasteiger partial charge in [0.1, 0.15) is 35.9 Å². The molecule has 1 saturated heterocycles. The molecule has 1 aliphatic heterocycles. The Morgan fingerprint density at radius 3 is 2.01 bits per heavy atom. The number of nitrogens with two attached hydrogens (primary N) is 2. The van der Waals surface area contributed by atoms with Crippen molar-refractivity contribution in [3.8, 4) is 0 Å². The van der Waals surface area contributed by atoms with Gasteiger partial charge in [0.25, 0.3) is 5.91 Å². The zero-order valence-corrected chi connectivity index (χ0v) is 45.2. The lowest BCUT2D eigenvalue weighted by Crippen LogP contribution is -2.59. The van der Waals surface area contributed by atoms with E-state index < -0.39 is 131 Å². The number of likely N-dealkylation sites (N-methyl/N-ethyl adjacent to an activating group) is 1. The molecule has 0 aromatic heterocycles. The Morgan fingerprint density at radius 1 is 0.853 bits per heavy atom. The van der Waals surface area contributed by atoms with Gasteiger partial charge in [0.05, 0.1) is 24.0 Å². The van der Waals surface area contributed by atoms with Crippen LogP contribution in [-0.2, 0) is 65.1 Å². The maximum Gasteiger partial charge on any atom is 0.327 e. The van der Waals surface area contributed by atoms with Gasteiger partial charge in [-0.3, -0.25) is 42.8 Å². The molecule has 0 saturated carbocycles. The van der Waals surface area contributed by atoms with E-state index in [0.717, 1.165) is 10.5 Å². The van der Waals surface area contributed by atoms with Gasteiger partial charge in [-0.2, -0.15) is 0 Å². The zero-order valence-electron chi connectivity index (χ0n) is 44.4. The van der Waals surface area contributed by atoms with Crippen LogP contribution in [0.25, 0.3) is 0 Å². The number of carbonyl (C=O) groups is 9. The molecule has 0 spiro atoms. The number of guanidine groups is 1. The summed E-state index contributed by atoms with van der Waals surface area (Å²) in [6, 6.07) is 0.633. The number of benzene rings is 1. The number of amides is 7. The molecule has 0 bridgehead atoms. The number of carbonyl (C=O) groups excluding carboxylic acids is 7. The molecule has 1 heterocycles. The van der Waals surface area contributed by atoms with Crippen molar-refractivity contribution in [2.45, 2.75) is 129 Å². The lowest BCUT2D eigenvalue weighted by molar-refractivity contribution is -0.146. The standard InChI is InChI=1S/C51H78N10O13S/c1-28(2)25-39-48(68)60-42(50(71)72)32(6)44(64)56-36(17-14-23-54-51(52)53)46(66)55-35(19-18-29(3)26-30(4)40(74-9)27-34-15-12-11-13-16-34)31(5)43(63)58-38(49(69)70)20-21-41(62)61(8)33(7)45(65)57-37(47(67)59-39)22-24-75(10)73/h11-13,15-16,18-19,26,28,30-32,35-40,42H,7,14,17,20-25,27H2,1-6,8-10H3,(H,55,66)(H,56,64)(H,57,65)(H,58,63)(H,59,67)(H,60,68)(H,69,70)(H,71,72)(H4,52,53,54). The highest BCUT2D eigenvalue weighted by Crippen LogP contribution is 2.19. The van der Waals surface area contributed by atoms with E-state index in [0.29, 0.717) is 12.0 Å². The van der Waals surface area contributed by atoms with Crippen LogP contribution in [0.1, 0.15) is 85.6 Å². The number of carboxylic acid groups (broad SMARTS) is 2. The van der Waals surface area contributed by atoms with Gasteiger partial charge >= 0.3 is 11.9 Å². The fourth-order valence-electron chi connectivity index (χ4n) is 7.88. The third-order valence-electron chi connectivity index (χ3n) is 12.5. The van der Waals surface area contributed by atoms with Gasteiger partial charge in [0.2, 0.25) is 35.4 Å². The smallest absolute Gasteiger partial charge is 0.327 e. The Labute approximate surface area is 441 Å². The molecule has 12 N–H and O–H groups in total. The average Bonchev–Trinajstić information content (AvgIpc) is 3.34. The minimum absolute atomic E-state index is 0.00911. The lowest BCUT2D eigenvalue weighted by atomic mass is 9.94. The monoisotopic (exact) mass is 1070 g/mol. The van der Waals surface area contributed by atoms with Crippen LogP contribution >= 0.6 is 0 Å². The first kappa shape index (κ1) is 64.2. The lowest BCUT2D eigenvalue weighted by Gasteiger charge is -2.29. The summed E-state index contributed by atoms with van der Waals surface area (Å²) in [5.74, 6) is -13.1. The van der Waals surface area contributed by atoms with Crippen LogP contribution in [0, 0.1) is 23.7 Å². The topological polar surface area (TPSA) is 360 Å². The predicted octanol–water partition coefficient (Wildman–Crippen LogP) is 0.367. The Bertz CT molecular complexity index is 2310. The van der Waals surface area contributed by atoms with Gasteiger partial charge in [-0.15, -0.1) is 0 Å². The van der Waals surface area contributed by atoms with Crippen LogP contribution < -0.4 is 43.4 Å². The molecule has 416 valence electrons. The van der Waals surface area contributed by atoms with Crippen LogP contribution in [0.5, 0.6) is 0 Å². The minimum atomic E-state index is -1.93. The summed E-state index contributed by atoms with van der Waals surface area (Å²) < 4.78 is 18.0. The van der Waals surface area contributed by atoms with E-state index in [-0.39, 0.29) is 61.9 Å². The summed E-state index contributed by atoms with van der Waals surface area (Å²) in [7, 11) is 1.33. The molecular formula is C51H78N10O13S. The van der Waals surface area contributed by atoms with Crippen molar-refractivity contribution in [2.24, 2.45) is 40.1 Å². The van der Waals surface area contributed by atoms with Crippen molar-refractivity contribution in [1.82, 2.24) is 36.8 Å². The predicted molar refractivity (Wildman–Crippen MR) is 282 cm³/mol. The fourth-order valence-corrected chi connectivity index (χ4v) is 8.45. The van der Waals surface area contributed by atoms with E-state index in [1.54, 1.807) is 34.0 Å². The maximum absolute atomic E-state index is 14.4. The number of hydrogen-bond acceptors (Lipinski definition) is 12. The molecular weight excluding hydrogens is 993 g/mol. The molecule has 11 unspecified atom stereocenters. The summed E-state index contributed by atoms with van der Waals surface area (Å²) >= 11 is 0. The van der Waals surface area contributed by atoms with Crippen LogP contribution in [0.3, 0.4) is 0 Å². The summed E-state index contributed by atoms with van der Waals surface area (Å²) in [6.07, 6.45) is 5.58. The van der Waals surface area contributed by atoms with Crippen molar-refractivity contribution in [3.63, 3.8) is 0 Å². The van der Waals surface area contributed by atoms with Gasteiger partial charge in [0, 0.05) is 55.8 Å². The summed E-state index contributed by atoms with van der Waals surface area (Å²) in [4.78, 5) is 128. The van der Waals surface area contributed by atoms with E-state index >= 15 is 0 Å². The first-order valence-corrected chi connectivity index (χ1v) is 26.4. The molecule has 23 nitrogen and oxygen atoms in total. The van der Waals surface area contributed by atoms with Gasteiger partial charge in [-0.25, -0.2) is 9.59 Å². The number of methoxy groups -OCH3 is 1. The van der Waals surface area contributed by atoms with Gasteiger partial charge < -0.3 is 63.2 Å². The Kier molecular flexibility index (Phi) is 27.1. The van der Waals surface area contributed by atoms with E-state index in [1.165, 1.54) is 33.2 Å². The second-order valence-electron chi connectivity index (χ2n) is 19.2. The highest BCUT2D eigenvalue weighted by molar-refractivity contribution is 7.84. The van der Waals surface area contributed by atoms with Gasteiger partial charge in [0.15, 0.2) is 5.96 Å². The molecule has 1 aromatic rings. The number of rotatable bonds is 18. The number of ether oxygens (including phenoxy) is 1. The molecule has 2 rings (SSSR count). The number of nitrogens with one attached hydrogen (secondary N) is 6. The molecule has 1 aromatic carbocycles. The number of allylic oxidation sites excluding steroid dienone is 2. The normalized spacial score (nSPS) is 25.0. The molecule has 1 aliphatic rings. The Hall–Kier alpha value is -6.95. The van der Waals surface area contributed by atoms with E-state index in [9.17, 15) is 57.6 Å². The highest BCUT2D eigenvalue weighted by Gasteiger charge is 2.38. The SMILES string of the molecule is C=C1C(=O)NC(CCS(C)=O)C(=O)NC(CC(C)C)C(=O)NC(C(=O)O)C(C)C(=O)NC(CCCN=C(N)N)C(=O)NC(C=CC(C)=CC(C)C(Cc2ccccc2)OC)C(C)C(=O)NC(C(=O)O)CCC(=O)N1C. The second-order valence-corrected chi connectivity index (χ2v) is 20.7. The largest absolute Gasteiger partial charge is 0.480 e. The average molecular weight is 1070 g/mol. The summed E-state index contributed by atoms with van der Waals surface area (Å²) in [5.41, 5.74) is 12.3. The first-order valence-electron chi connectivity index (χ1n) is 24.7. The van der Waals surface area contributed by atoms with Crippen LogP contribution in [0.15, 0.2) is 71.4 Å². The minimum Gasteiger partial charge on any atom is -0.480 e. The fraction of sp³-hybridized carbons (Fsp3) is 0.569. The highest BCUT2D eigenvalue weighted by atomic mass is 32.2. The van der Waals surface area contributed by atoms with Crippen LogP contribution in [0.4, 0.5) is 0 Å². The van der Waals surface area contributed by atoms with Gasteiger partial charge in [-0.05, 0) is 56.9 Å². The second kappa shape index (κ2) is 31.7. The van der Waals surface area contributed by atoms with Crippen molar-refractivity contribution < 1.29 is 62.3 Å². The van der Waals surface area contributed by atoms with E-state index in [1.807, 2.05) is 43.3 Å². The molecule has 1 fully saturated rings. The molecule has 7 amide bonds. The van der Waals surface area contributed by atoms with Crippen LogP contribution in [0.2, 0.25) is 0 Å². The van der Waals surface area contributed by atoms with Gasteiger partial charge in [-0.1, -0.05) is 95.3 Å². The molecule has 0 aliphatic carbocycles. The summed E-state index contributed by atoms with van der Waals surface area (Å²) in [5, 5.41) is 35.7. The van der Waals surface area contributed by atoms with Crippen molar-refractivity contribution in [2.75, 3.05) is 32.7 Å². The van der Waals surface area contributed by atoms with Crippen molar-refractivity contribution >= 4 is 70.0 Å². The molecule has 11 atom stereocenters. The quantitative estimate of drug-likeness (QED) is 0.0312. The number of aliphatic imine (C=N–C) groups is 1. The number of nitrogens with zero attached hydrogens (tertiary/aromatic N) is 2. The third-order valence-corrected chi connectivity index (χ3v) is 13.3. The number of hydrogen-bond donors (Lipinski definition) is 10. The maximum atomic E-state index is 14.4. The third kappa shape index (κ3) is 22.2. The zero-order chi connectivity index (χ0) is 56.7. The van der Waals surface area contributed by atoms with Crippen molar-refractivity contribution in [3.05, 3.63) is 72.0 Å². The Balaban J connectivity index is 2.78. The molecule has 75 heavy (non-hydrogen) atoms. The first-order chi connectivity index (χ1) is 35.2. The van der Waals surface area contributed by atoms with Crippen LogP contribution in [-0.4, -0.2) is 154 Å². The molecule has 0 radical (unpaired) electrons. The van der Waals surface area contributed by atoms with E-state index in [4.69, 9.17) is 16.2 Å². The van der Waals surface area contributed by atoms with E-state index in [2.05, 4.69) is 43.5 Å². The molecule has 24 heteroatoms. The van der Waals surface area contributed by atoms with Crippen molar-refractivity contribution in [1.29, 1.82) is 0 Å².